The maximum atomic E-state index is 11.4. The van der Waals surface area contributed by atoms with Gasteiger partial charge in [-0.3, -0.25) is 4.79 Å². The Morgan fingerprint density at radius 3 is 2.70 bits per heavy atom. The minimum Gasteiger partial charge on any atom is -0.478 e. The van der Waals surface area contributed by atoms with Gasteiger partial charge in [0.2, 0.25) is 0 Å². The van der Waals surface area contributed by atoms with Crippen molar-refractivity contribution in [1.29, 1.82) is 0 Å². The molecule has 1 fully saturated rings. The first-order valence-corrected chi connectivity index (χ1v) is 7.27. The predicted octanol–water partition coefficient (Wildman–Crippen LogP) is 2.40. The smallest absolute Gasteiger partial charge is 0.336 e. The Hall–Kier alpha value is -1.69. The van der Waals surface area contributed by atoms with Crippen molar-refractivity contribution >= 4 is 29.4 Å². The van der Waals surface area contributed by atoms with Gasteiger partial charge in [-0.15, -0.1) is 11.8 Å². The number of thioether (sulfide) groups is 1. The number of anilines is 1. The molecule has 0 radical (unpaired) electrons. The molecule has 0 unspecified atom stereocenters. The van der Waals surface area contributed by atoms with Gasteiger partial charge in [-0.1, -0.05) is 0 Å². The van der Waals surface area contributed by atoms with E-state index in [1.54, 1.807) is 12.1 Å². The molecule has 1 aliphatic rings. The van der Waals surface area contributed by atoms with Gasteiger partial charge in [-0.2, -0.15) is 0 Å². The van der Waals surface area contributed by atoms with Crippen LogP contribution in [0, 0.1) is 5.41 Å². The van der Waals surface area contributed by atoms with Crippen molar-refractivity contribution in [2.75, 3.05) is 18.6 Å². The molecule has 0 atom stereocenters. The van der Waals surface area contributed by atoms with Gasteiger partial charge < -0.3 is 15.6 Å². The summed E-state index contributed by atoms with van der Waals surface area (Å²) in [4.78, 5) is 23.2. The summed E-state index contributed by atoms with van der Waals surface area (Å²) in [6.07, 6.45) is 2.33. The van der Waals surface area contributed by atoms with E-state index >= 15 is 0 Å². The standard InChI is InChI=1S/C14H17NO4S/c1-19-12(16)7-14(4-5-14)8-20-11-6-9(15)2-3-10(11)13(17)18/h2-3,6H,4-5,7-8,15H2,1H3,(H,17,18). The lowest BCUT2D eigenvalue weighted by Crippen LogP contribution is -2.13. The summed E-state index contributed by atoms with van der Waals surface area (Å²) in [6, 6.07) is 4.76. The number of carbonyl (C=O) groups is 2. The van der Waals surface area contributed by atoms with Crippen LogP contribution in [-0.4, -0.2) is 29.9 Å². The van der Waals surface area contributed by atoms with Crippen LogP contribution in [0.3, 0.4) is 0 Å². The van der Waals surface area contributed by atoms with E-state index < -0.39 is 5.97 Å². The lowest BCUT2D eigenvalue weighted by Gasteiger charge is -2.14. The summed E-state index contributed by atoms with van der Waals surface area (Å²) in [5.74, 6) is -0.481. The van der Waals surface area contributed by atoms with E-state index in [-0.39, 0.29) is 16.9 Å². The molecule has 0 spiro atoms. The average Bonchev–Trinajstić information content (AvgIpc) is 3.16. The number of rotatable bonds is 6. The molecule has 1 aromatic rings. The Labute approximate surface area is 121 Å². The molecule has 0 amide bonds. The van der Waals surface area contributed by atoms with E-state index in [1.807, 2.05) is 0 Å². The van der Waals surface area contributed by atoms with Crippen molar-refractivity contribution in [3.05, 3.63) is 23.8 Å². The molecule has 108 valence electrons. The molecule has 5 nitrogen and oxygen atoms in total. The minimum absolute atomic E-state index is 0.0435. The molecule has 1 aliphatic carbocycles. The number of esters is 1. The molecule has 1 aromatic carbocycles. The summed E-state index contributed by atoms with van der Waals surface area (Å²) in [5, 5.41) is 9.16. The zero-order chi connectivity index (χ0) is 14.8. The van der Waals surface area contributed by atoms with Crippen molar-refractivity contribution in [3.63, 3.8) is 0 Å². The largest absolute Gasteiger partial charge is 0.478 e. The molecule has 0 heterocycles. The third-order valence-corrected chi connectivity index (χ3v) is 4.88. The first kappa shape index (κ1) is 14.7. The zero-order valence-corrected chi connectivity index (χ0v) is 12.0. The highest BCUT2D eigenvalue weighted by Gasteiger charge is 2.44. The molecule has 0 aromatic heterocycles. The second kappa shape index (κ2) is 5.75. The van der Waals surface area contributed by atoms with Crippen LogP contribution in [0.25, 0.3) is 0 Å². The van der Waals surface area contributed by atoms with E-state index in [1.165, 1.54) is 24.9 Å². The lowest BCUT2D eigenvalue weighted by molar-refractivity contribution is -0.141. The monoisotopic (exact) mass is 295 g/mol. The number of hydrogen-bond acceptors (Lipinski definition) is 5. The molecule has 3 N–H and O–H groups in total. The summed E-state index contributed by atoms with van der Waals surface area (Å²) in [6.45, 7) is 0. The van der Waals surface area contributed by atoms with Crippen LogP contribution < -0.4 is 5.73 Å². The average molecular weight is 295 g/mol. The molecule has 1 saturated carbocycles. The van der Waals surface area contributed by atoms with Gasteiger partial charge in [0.25, 0.3) is 0 Å². The third kappa shape index (κ3) is 3.45. The van der Waals surface area contributed by atoms with Crippen molar-refractivity contribution < 1.29 is 19.4 Å². The molecule has 0 aliphatic heterocycles. The second-order valence-electron chi connectivity index (χ2n) is 5.10. The third-order valence-electron chi connectivity index (χ3n) is 3.47. The topological polar surface area (TPSA) is 89.6 Å². The number of nitrogens with two attached hydrogens (primary N) is 1. The van der Waals surface area contributed by atoms with Crippen LogP contribution in [0.2, 0.25) is 0 Å². The van der Waals surface area contributed by atoms with Crippen LogP contribution in [0.5, 0.6) is 0 Å². The van der Waals surface area contributed by atoms with Gasteiger partial charge >= 0.3 is 11.9 Å². The Morgan fingerprint density at radius 1 is 1.45 bits per heavy atom. The Bertz CT molecular complexity index is 540. The summed E-state index contributed by atoms with van der Waals surface area (Å²) in [7, 11) is 1.38. The van der Waals surface area contributed by atoms with Crippen molar-refractivity contribution in [3.8, 4) is 0 Å². The number of nitrogen functional groups attached to an aromatic ring is 1. The normalized spacial score (nSPS) is 15.7. The van der Waals surface area contributed by atoms with E-state index in [9.17, 15) is 9.59 Å². The van der Waals surface area contributed by atoms with Crippen LogP contribution in [0.4, 0.5) is 5.69 Å². The van der Waals surface area contributed by atoms with Crippen molar-refractivity contribution in [1.82, 2.24) is 0 Å². The molecule has 2 rings (SSSR count). The number of hydrogen-bond donors (Lipinski definition) is 2. The SMILES string of the molecule is COC(=O)CC1(CSc2cc(N)ccc2C(=O)O)CC1. The summed E-state index contributed by atoms with van der Waals surface area (Å²) < 4.78 is 4.70. The van der Waals surface area contributed by atoms with Gasteiger partial charge in [0.05, 0.1) is 19.1 Å². The number of carboxylic acids is 1. The van der Waals surface area contributed by atoms with Gasteiger partial charge in [-0.05, 0) is 36.5 Å². The number of carboxylic acid groups (broad SMARTS) is 1. The fourth-order valence-electron chi connectivity index (χ4n) is 1.99. The number of ether oxygens (including phenoxy) is 1. The quantitative estimate of drug-likeness (QED) is 0.476. The summed E-state index contributed by atoms with van der Waals surface area (Å²) >= 11 is 1.44. The highest BCUT2D eigenvalue weighted by Crippen LogP contribution is 2.52. The molecule has 0 saturated heterocycles. The first-order chi connectivity index (χ1) is 9.46. The van der Waals surface area contributed by atoms with E-state index in [0.29, 0.717) is 22.8 Å². The molecule has 20 heavy (non-hydrogen) atoms. The van der Waals surface area contributed by atoms with Crippen LogP contribution in [-0.2, 0) is 9.53 Å². The van der Waals surface area contributed by atoms with E-state index in [4.69, 9.17) is 15.6 Å². The highest BCUT2D eigenvalue weighted by molar-refractivity contribution is 7.99. The fraction of sp³-hybridized carbons (Fsp3) is 0.429. The van der Waals surface area contributed by atoms with Crippen molar-refractivity contribution in [2.45, 2.75) is 24.2 Å². The Balaban J connectivity index is 2.06. The second-order valence-corrected chi connectivity index (χ2v) is 6.12. The van der Waals surface area contributed by atoms with E-state index in [0.717, 1.165) is 12.8 Å². The minimum atomic E-state index is -0.967. The highest BCUT2D eigenvalue weighted by atomic mass is 32.2. The number of benzene rings is 1. The predicted molar refractivity (Wildman–Crippen MR) is 76.8 cm³/mol. The number of carbonyl (C=O) groups excluding carboxylic acids is 1. The molecular formula is C14H17NO4S. The first-order valence-electron chi connectivity index (χ1n) is 6.28. The number of methoxy groups -OCH3 is 1. The lowest BCUT2D eigenvalue weighted by atomic mass is 10.1. The van der Waals surface area contributed by atoms with Crippen LogP contribution in [0.1, 0.15) is 29.6 Å². The Morgan fingerprint density at radius 2 is 2.15 bits per heavy atom. The van der Waals surface area contributed by atoms with Gasteiger partial charge in [0, 0.05) is 16.3 Å². The fourth-order valence-corrected chi connectivity index (χ4v) is 3.38. The summed E-state index contributed by atoms with van der Waals surface area (Å²) in [5.41, 5.74) is 6.45. The van der Waals surface area contributed by atoms with Crippen LogP contribution >= 0.6 is 11.8 Å². The molecular weight excluding hydrogens is 278 g/mol. The maximum Gasteiger partial charge on any atom is 0.336 e. The maximum absolute atomic E-state index is 11.4. The van der Waals surface area contributed by atoms with Crippen LogP contribution in [0.15, 0.2) is 23.1 Å². The van der Waals surface area contributed by atoms with Crippen molar-refractivity contribution in [2.24, 2.45) is 5.41 Å². The molecule has 6 heteroatoms. The van der Waals surface area contributed by atoms with Gasteiger partial charge in [0.1, 0.15) is 0 Å². The zero-order valence-electron chi connectivity index (χ0n) is 11.2. The van der Waals surface area contributed by atoms with Gasteiger partial charge in [-0.25, -0.2) is 4.79 Å². The number of aromatic carboxylic acids is 1. The Kier molecular flexibility index (Phi) is 4.23. The van der Waals surface area contributed by atoms with E-state index in [2.05, 4.69) is 0 Å². The van der Waals surface area contributed by atoms with Gasteiger partial charge in [0.15, 0.2) is 0 Å². The molecule has 0 bridgehead atoms.